The number of benzene rings is 2. The standard InChI is InChI=1S/C20H18FN5O5S/c1-29-18(27)11-3-5-17-15(7-11)23-24-26(17)16-6-4-12(8-14(16)21)25-10-13(31-20(25)28)9-22-19(32)30-2/h3-8,13H,9-10H2,1-2H3,(H,22,32)/t13-/m0/s1. The van der Waals surface area contributed by atoms with Crippen LogP contribution in [0, 0.1) is 5.82 Å². The van der Waals surface area contributed by atoms with Crippen molar-refractivity contribution in [3.05, 3.63) is 47.8 Å². The molecule has 1 N–H and O–H groups in total. The molecule has 1 aromatic heterocycles. The van der Waals surface area contributed by atoms with Crippen molar-refractivity contribution in [3.8, 4) is 5.69 Å². The Morgan fingerprint density at radius 3 is 2.81 bits per heavy atom. The zero-order chi connectivity index (χ0) is 22.8. The van der Waals surface area contributed by atoms with Gasteiger partial charge in [0, 0.05) is 0 Å². The molecular weight excluding hydrogens is 441 g/mol. The van der Waals surface area contributed by atoms with Crippen LogP contribution in [0.15, 0.2) is 36.4 Å². The van der Waals surface area contributed by atoms with Crippen LogP contribution in [-0.2, 0) is 14.2 Å². The van der Waals surface area contributed by atoms with Gasteiger partial charge in [-0.3, -0.25) is 4.90 Å². The summed E-state index contributed by atoms with van der Waals surface area (Å²) in [4.78, 5) is 25.3. The monoisotopic (exact) mass is 459 g/mol. The first-order valence-corrected chi connectivity index (χ1v) is 9.85. The van der Waals surface area contributed by atoms with Crippen LogP contribution in [0.4, 0.5) is 14.9 Å². The number of halogens is 1. The first-order valence-electron chi connectivity index (χ1n) is 9.45. The molecule has 1 aliphatic heterocycles. The summed E-state index contributed by atoms with van der Waals surface area (Å²) in [5.74, 6) is -1.12. The first-order chi connectivity index (χ1) is 15.4. The molecule has 4 rings (SSSR count). The van der Waals surface area contributed by atoms with E-state index in [0.717, 1.165) is 0 Å². The lowest BCUT2D eigenvalue weighted by Crippen LogP contribution is -2.34. The zero-order valence-corrected chi connectivity index (χ0v) is 17.9. The van der Waals surface area contributed by atoms with Crippen molar-refractivity contribution in [2.45, 2.75) is 6.10 Å². The Bertz CT molecular complexity index is 1220. The Morgan fingerprint density at radius 2 is 2.09 bits per heavy atom. The third-order valence-corrected chi connectivity index (χ3v) is 5.18. The number of anilines is 1. The average Bonchev–Trinajstić information content (AvgIpc) is 3.39. The van der Waals surface area contributed by atoms with Crippen LogP contribution in [0.2, 0.25) is 0 Å². The van der Waals surface area contributed by atoms with Gasteiger partial charge in [-0.05, 0) is 48.6 Å². The summed E-state index contributed by atoms with van der Waals surface area (Å²) in [6.45, 7) is 0.494. The molecule has 0 saturated carbocycles. The van der Waals surface area contributed by atoms with E-state index >= 15 is 0 Å². The van der Waals surface area contributed by atoms with E-state index in [0.29, 0.717) is 22.3 Å². The molecule has 3 aromatic rings. The SMILES string of the molecule is COC(=O)c1ccc2c(c1)nnn2-c1ccc(N2C[C@H](CNC(=S)OC)OC2=O)cc1F. The minimum absolute atomic E-state index is 0.137. The number of ether oxygens (including phenoxy) is 3. The number of carbonyl (C=O) groups is 2. The van der Waals surface area contributed by atoms with Crippen molar-refractivity contribution >= 4 is 46.2 Å². The smallest absolute Gasteiger partial charge is 0.414 e. The number of thiocarbonyl (C=S) groups is 1. The van der Waals surface area contributed by atoms with E-state index in [1.54, 1.807) is 18.2 Å². The Hall–Kier alpha value is -3.80. The lowest BCUT2D eigenvalue weighted by Gasteiger charge is -2.14. The predicted octanol–water partition coefficient (Wildman–Crippen LogP) is 2.19. The summed E-state index contributed by atoms with van der Waals surface area (Å²) < 4.78 is 31.1. The van der Waals surface area contributed by atoms with E-state index < -0.39 is 24.0 Å². The Balaban J connectivity index is 1.56. The molecule has 12 heteroatoms. The Labute approximate surface area is 186 Å². The van der Waals surface area contributed by atoms with Gasteiger partial charge in [0.2, 0.25) is 0 Å². The van der Waals surface area contributed by atoms with E-state index in [2.05, 4.69) is 15.6 Å². The van der Waals surface area contributed by atoms with E-state index in [-0.39, 0.29) is 24.0 Å². The van der Waals surface area contributed by atoms with Crippen molar-refractivity contribution in [3.63, 3.8) is 0 Å². The van der Waals surface area contributed by atoms with Crippen molar-refractivity contribution in [2.24, 2.45) is 0 Å². The predicted molar refractivity (Wildman–Crippen MR) is 115 cm³/mol. The maximum Gasteiger partial charge on any atom is 0.414 e. The highest BCUT2D eigenvalue weighted by Crippen LogP contribution is 2.27. The molecule has 0 aliphatic carbocycles. The summed E-state index contributed by atoms with van der Waals surface area (Å²) in [6, 6.07) is 8.97. The fourth-order valence-electron chi connectivity index (χ4n) is 3.29. The molecule has 2 heterocycles. The molecule has 1 amide bonds. The van der Waals surface area contributed by atoms with Gasteiger partial charge in [-0.15, -0.1) is 5.10 Å². The number of methoxy groups -OCH3 is 2. The van der Waals surface area contributed by atoms with Gasteiger partial charge >= 0.3 is 12.1 Å². The molecule has 1 aliphatic rings. The molecule has 166 valence electrons. The largest absolute Gasteiger partial charge is 0.474 e. The molecule has 1 saturated heterocycles. The molecular formula is C20H18FN5O5S. The number of nitrogens with one attached hydrogen (secondary N) is 1. The van der Waals surface area contributed by atoms with E-state index in [1.165, 1.54) is 42.0 Å². The van der Waals surface area contributed by atoms with E-state index in [1.807, 2.05) is 0 Å². The number of hydrogen-bond donors (Lipinski definition) is 1. The highest BCUT2D eigenvalue weighted by molar-refractivity contribution is 7.80. The van der Waals surface area contributed by atoms with Crippen LogP contribution in [0.25, 0.3) is 16.7 Å². The van der Waals surface area contributed by atoms with Crippen molar-refractivity contribution in [2.75, 3.05) is 32.2 Å². The fourth-order valence-corrected chi connectivity index (χ4v) is 3.37. The molecule has 0 bridgehead atoms. The lowest BCUT2D eigenvalue weighted by atomic mass is 10.2. The second-order valence-electron chi connectivity index (χ2n) is 6.82. The lowest BCUT2D eigenvalue weighted by molar-refractivity contribution is 0.0601. The second kappa shape index (κ2) is 8.75. The molecule has 1 atom stereocenters. The molecule has 1 fully saturated rings. The van der Waals surface area contributed by atoms with Crippen LogP contribution in [0.3, 0.4) is 0 Å². The Kier molecular flexibility index (Phi) is 5.86. The molecule has 0 spiro atoms. The van der Waals surface area contributed by atoms with Crippen LogP contribution in [-0.4, -0.2) is 65.6 Å². The summed E-state index contributed by atoms with van der Waals surface area (Å²) in [5, 5.41) is 11.0. The van der Waals surface area contributed by atoms with Crippen molar-refractivity contribution < 1.29 is 28.2 Å². The number of rotatable bonds is 5. The molecule has 10 nitrogen and oxygen atoms in total. The minimum Gasteiger partial charge on any atom is -0.474 e. The zero-order valence-electron chi connectivity index (χ0n) is 17.1. The third-order valence-electron chi connectivity index (χ3n) is 4.87. The molecule has 32 heavy (non-hydrogen) atoms. The van der Waals surface area contributed by atoms with Gasteiger partial charge in [-0.2, -0.15) is 0 Å². The van der Waals surface area contributed by atoms with Gasteiger partial charge in [0.05, 0.1) is 44.1 Å². The molecule has 2 aromatic carbocycles. The molecule has 0 radical (unpaired) electrons. The topological polar surface area (TPSA) is 108 Å². The van der Waals surface area contributed by atoms with E-state index in [4.69, 9.17) is 26.4 Å². The third kappa shape index (κ3) is 4.04. The van der Waals surface area contributed by atoms with E-state index in [9.17, 15) is 14.0 Å². The molecule has 0 unspecified atom stereocenters. The Morgan fingerprint density at radius 1 is 1.28 bits per heavy atom. The number of cyclic esters (lactones) is 1. The van der Waals surface area contributed by atoms with Gasteiger partial charge in [0.25, 0.3) is 5.17 Å². The summed E-state index contributed by atoms with van der Waals surface area (Å²) in [5.41, 5.74) is 1.70. The summed E-state index contributed by atoms with van der Waals surface area (Å²) >= 11 is 4.90. The highest BCUT2D eigenvalue weighted by Gasteiger charge is 2.33. The number of aromatic nitrogens is 3. The maximum absolute atomic E-state index is 15.0. The first kappa shape index (κ1) is 21.4. The summed E-state index contributed by atoms with van der Waals surface area (Å²) in [7, 11) is 2.71. The number of amides is 1. The van der Waals surface area contributed by atoms with Crippen molar-refractivity contribution in [1.82, 2.24) is 20.3 Å². The van der Waals surface area contributed by atoms with Crippen molar-refractivity contribution in [1.29, 1.82) is 0 Å². The van der Waals surface area contributed by atoms with Crippen LogP contribution in [0.5, 0.6) is 0 Å². The number of esters is 1. The van der Waals surface area contributed by atoms with Gasteiger partial charge < -0.3 is 19.5 Å². The number of fused-ring (bicyclic) bond motifs is 1. The van der Waals surface area contributed by atoms with Gasteiger partial charge in [0.15, 0.2) is 5.82 Å². The van der Waals surface area contributed by atoms with Crippen LogP contribution < -0.4 is 10.2 Å². The highest BCUT2D eigenvalue weighted by atomic mass is 32.1. The van der Waals surface area contributed by atoms with Gasteiger partial charge in [0.1, 0.15) is 17.3 Å². The minimum atomic E-state index is -0.610. The number of nitrogens with zero attached hydrogens (tertiary/aromatic N) is 4. The fraction of sp³-hybridized carbons (Fsp3) is 0.250. The number of hydrogen-bond acceptors (Lipinski definition) is 8. The van der Waals surface area contributed by atoms with Gasteiger partial charge in [-0.25, -0.2) is 18.7 Å². The number of carbonyl (C=O) groups excluding carboxylic acids is 2. The second-order valence-corrected chi connectivity index (χ2v) is 7.19. The maximum atomic E-state index is 15.0. The van der Waals surface area contributed by atoms with Crippen LogP contribution >= 0.6 is 12.2 Å². The average molecular weight is 459 g/mol. The van der Waals surface area contributed by atoms with Crippen LogP contribution in [0.1, 0.15) is 10.4 Å². The quantitative estimate of drug-likeness (QED) is 0.454. The normalized spacial score (nSPS) is 15.5. The summed E-state index contributed by atoms with van der Waals surface area (Å²) in [6.07, 6.45) is -1.06. The van der Waals surface area contributed by atoms with Gasteiger partial charge in [-0.1, -0.05) is 5.21 Å².